The number of aromatic nitrogens is 3. The second-order valence-corrected chi connectivity index (χ2v) is 4.03. The van der Waals surface area contributed by atoms with Crippen molar-refractivity contribution in [3.05, 3.63) is 21.8 Å². The molecule has 1 amide bonds. The Hall–Kier alpha value is -2.71. The molecule has 9 heteroatoms. The van der Waals surface area contributed by atoms with Crippen LogP contribution >= 0.6 is 0 Å². The van der Waals surface area contributed by atoms with Gasteiger partial charge in [-0.3, -0.25) is 9.59 Å². The first-order valence-corrected chi connectivity index (χ1v) is 5.82. The van der Waals surface area contributed by atoms with Crippen molar-refractivity contribution in [1.82, 2.24) is 20.3 Å². The summed E-state index contributed by atoms with van der Waals surface area (Å²) in [6.07, 6.45) is 0. The fourth-order valence-corrected chi connectivity index (χ4v) is 1.78. The van der Waals surface area contributed by atoms with E-state index in [1.807, 2.05) is 0 Å². The van der Waals surface area contributed by atoms with Crippen LogP contribution in [0, 0.1) is 6.92 Å². The first-order valence-electron chi connectivity index (χ1n) is 5.82. The maximum absolute atomic E-state index is 12.1. The molecule has 0 bridgehead atoms. The number of aromatic carboxylic acids is 1. The predicted octanol–water partition coefficient (Wildman–Crippen LogP) is -0.473. The highest BCUT2D eigenvalue weighted by molar-refractivity contribution is 6.00. The Morgan fingerprint density at radius 1 is 1.45 bits per heavy atom. The van der Waals surface area contributed by atoms with Gasteiger partial charge in [0, 0.05) is 6.54 Å². The summed E-state index contributed by atoms with van der Waals surface area (Å²) in [7, 11) is 0. The summed E-state index contributed by atoms with van der Waals surface area (Å²) in [5, 5.41) is 18.9. The van der Waals surface area contributed by atoms with Crippen molar-refractivity contribution in [2.24, 2.45) is 0 Å². The fourth-order valence-electron chi connectivity index (χ4n) is 1.78. The molecule has 0 aromatic carbocycles. The quantitative estimate of drug-likeness (QED) is 0.774. The molecule has 2 N–H and O–H groups in total. The fraction of sp³-hybridized carbons (Fsp3) is 0.364. The summed E-state index contributed by atoms with van der Waals surface area (Å²) in [4.78, 5) is 34.7. The van der Waals surface area contributed by atoms with Crippen molar-refractivity contribution in [2.75, 3.05) is 6.54 Å². The topological polar surface area (TPSA) is 127 Å². The average molecular weight is 280 g/mol. The minimum Gasteiger partial charge on any atom is -0.476 e. The number of likely N-dealkylation sites (N-methyl/N-ethyl adjacent to an activating group) is 1. The number of amides is 1. The highest BCUT2D eigenvalue weighted by Crippen LogP contribution is 2.17. The minimum atomic E-state index is -1.33. The summed E-state index contributed by atoms with van der Waals surface area (Å²) >= 11 is 0. The first kappa shape index (κ1) is 13.7. The summed E-state index contributed by atoms with van der Waals surface area (Å²) in [6.45, 7) is 3.22. The lowest BCUT2D eigenvalue weighted by molar-refractivity contribution is -0.121. The van der Waals surface area contributed by atoms with Crippen LogP contribution in [0.1, 0.15) is 23.2 Å². The summed E-state index contributed by atoms with van der Waals surface area (Å²) < 4.78 is 5.59. The number of rotatable bonds is 4. The molecule has 2 heterocycles. The van der Waals surface area contributed by atoms with Gasteiger partial charge in [-0.05, 0) is 13.8 Å². The summed E-state index contributed by atoms with van der Waals surface area (Å²) in [5.41, 5.74) is -1.20. The van der Waals surface area contributed by atoms with E-state index in [9.17, 15) is 14.4 Å². The Labute approximate surface area is 112 Å². The summed E-state index contributed by atoms with van der Waals surface area (Å²) in [6, 6.07) is 0. The molecular weight excluding hydrogens is 268 g/mol. The molecule has 0 spiro atoms. The molecule has 0 fully saturated rings. The van der Waals surface area contributed by atoms with E-state index in [4.69, 9.17) is 9.63 Å². The normalized spacial score (nSPS) is 10.7. The van der Waals surface area contributed by atoms with Crippen molar-refractivity contribution in [3.8, 4) is 0 Å². The molecule has 0 saturated carbocycles. The zero-order chi connectivity index (χ0) is 14.9. The number of carboxylic acid groups (broad SMARTS) is 1. The van der Waals surface area contributed by atoms with Gasteiger partial charge < -0.3 is 14.9 Å². The molecule has 0 aliphatic rings. The van der Waals surface area contributed by atoms with E-state index in [-0.39, 0.29) is 28.9 Å². The van der Waals surface area contributed by atoms with Crippen LogP contribution in [0.25, 0.3) is 10.9 Å². The predicted molar refractivity (Wildman–Crippen MR) is 66.4 cm³/mol. The number of nitrogens with one attached hydrogen (secondary N) is 1. The van der Waals surface area contributed by atoms with E-state index in [0.29, 0.717) is 6.54 Å². The van der Waals surface area contributed by atoms with Gasteiger partial charge in [-0.1, -0.05) is 5.16 Å². The molecule has 0 unspecified atom stereocenters. The Kier molecular flexibility index (Phi) is 3.51. The zero-order valence-corrected chi connectivity index (χ0v) is 10.8. The summed E-state index contributed by atoms with van der Waals surface area (Å²) in [5.74, 6) is -1.59. The second kappa shape index (κ2) is 5.11. The lowest BCUT2D eigenvalue weighted by atomic mass is 10.2. The third kappa shape index (κ3) is 2.25. The molecular formula is C11H12N4O5. The number of hydrogen-bond donors (Lipinski definition) is 2. The monoisotopic (exact) mass is 280 g/mol. The van der Waals surface area contributed by atoms with Crippen LogP contribution in [0.5, 0.6) is 0 Å². The van der Waals surface area contributed by atoms with Gasteiger partial charge in [0.15, 0.2) is 11.2 Å². The SMILES string of the molecule is CCNC(=O)Cn1nc(C(=O)O)c2c(C)onc2c1=O. The van der Waals surface area contributed by atoms with E-state index >= 15 is 0 Å². The van der Waals surface area contributed by atoms with Gasteiger partial charge in [0.05, 0.1) is 5.39 Å². The molecule has 0 atom stereocenters. The van der Waals surface area contributed by atoms with Crippen LogP contribution in [0.4, 0.5) is 0 Å². The number of carbonyl (C=O) groups excluding carboxylic acids is 1. The van der Waals surface area contributed by atoms with Gasteiger partial charge in [-0.25, -0.2) is 9.48 Å². The maximum atomic E-state index is 12.1. The van der Waals surface area contributed by atoms with E-state index in [0.717, 1.165) is 4.68 Å². The number of fused-ring (bicyclic) bond motifs is 1. The van der Waals surface area contributed by atoms with Gasteiger partial charge >= 0.3 is 5.97 Å². The lowest BCUT2D eigenvalue weighted by Crippen LogP contribution is -2.34. The van der Waals surface area contributed by atoms with Crippen molar-refractivity contribution < 1.29 is 19.2 Å². The molecule has 2 aromatic rings. The van der Waals surface area contributed by atoms with E-state index in [1.54, 1.807) is 6.92 Å². The Bertz CT molecular complexity index is 745. The third-order valence-corrected chi connectivity index (χ3v) is 2.63. The van der Waals surface area contributed by atoms with Crippen LogP contribution in [0.15, 0.2) is 9.32 Å². The smallest absolute Gasteiger partial charge is 0.357 e. The molecule has 0 radical (unpaired) electrons. The highest BCUT2D eigenvalue weighted by Gasteiger charge is 2.22. The van der Waals surface area contributed by atoms with Gasteiger partial charge in [-0.2, -0.15) is 5.10 Å². The standard InChI is InChI=1S/C11H12N4O5/c1-3-12-6(16)4-15-10(17)8-7(5(2)20-14-8)9(13-15)11(18)19/h3-4H2,1-2H3,(H,12,16)(H,18,19). The zero-order valence-electron chi connectivity index (χ0n) is 10.8. The van der Waals surface area contributed by atoms with E-state index in [1.165, 1.54) is 6.92 Å². The second-order valence-electron chi connectivity index (χ2n) is 4.03. The molecule has 0 saturated heterocycles. The molecule has 2 rings (SSSR count). The lowest BCUT2D eigenvalue weighted by Gasteiger charge is -2.06. The van der Waals surface area contributed by atoms with Crippen LogP contribution in [-0.2, 0) is 11.3 Å². The number of hydrogen-bond acceptors (Lipinski definition) is 6. The van der Waals surface area contributed by atoms with Gasteiger partial charge in [0.25, 0.3) is 5.56 Å². The van der Waals surface area contributed by atoms with Crippen molar-refractivity contribution >= 4 is 22.8 Å². The van der Waals surface area contributed by atoms with E-state index in [2.05, 4.69) is 15.6 Å². The Balaban J connectivity index is 2.62. The number of carbonyl (C=O) groups is 2. The van der Waals surface area contributed by atoms with Crippen molar-refractivity contribution in [1.29, 1.82) is 0 Å². The largest absolute Gasteiger partial charge is 0.476 e. The number of carboxylic acids is 1. The van der Waals surface area contributed by atoms with Crippen molar-refractivity contribution in [3.63, 3.8) is 0 Å². The molecule has 9 nitrogen and oxygen atoms in total. The van der Waals surface area contributed by atoms with Gasteiger partial charge in [-0.15, -0.1) is 0 Å². The third-order valence-electron chi connectivity index (χ3n) is 2.63. The van der Waals surface area contributed by atoms with Gasteiger partial charge in [0.1, 0.15) is 12.3 Å². The van der Waals surface area contributed by atoms with Crippen LogP contribution in [0.2, 0.25) is 0 Å². The van der Waals surface area contributed by atoms with Crippen LogP contribution < -0.4 is 10.9 Å². The molecule has 2 aromatic heterocycles. The molecule has 20 heavy (non-hydrogen) atoms. The van der Waals surface area contributed by atoms with Crippen LogP contribution in [-0.4, -0.2) is 38.5 Å². The molecule has 0 aliphatic heterocycles. The molecule has 106 valence electrons. The van der Waals surface area contributed by atoms with Crippen molar-refractivity contribution in [2.45, 2.75) is 20.4 Å². The average Bonchev–Trinajstić information content (AvgIpc) is 2.75. The maximum Gasteiger partial charge on any atom is 0.357 e. The molecule has 0 aliphatic carbocycles. The highest BCUT2D eigenvalue weighted by atomic mass is 16.5. The first-order chi connectivity index (χ1) is 9.45. The Morgan fingerprint density at radius 3 is 2.75 bits per heavy atom. The Morgan fingerprint density at radius 2 is 2.15 bits per heavy atom. The minimum absolute atomic E-state index is 0.0506. The number of nitrogens with zero attached hydrogens (tertiary/aromatic N) is 3. The number of aryl methyl sites for hydroxylation is 1. The van der Waals surface area contributed by atoms with E-state index < -0.39 is 17.4 Å². The van der Waals surface area contributed by atoms with Crippen LogP contribution in [0.3, 0.4) is 0 Å². The van der Waals surface area contributed by atoms with Gasteiger partial charge in [0.2, 0.25) is 5.91 Å².